The number of rotatable bonds is 4. The van der Waals surface area contributed by atoms with E-state index in [-0.39, 0.29) is 11.5 Å². The summed E-state index contributed by atoms with van der Waals surface area (Å²) in [6.45, 7) is 2.27. The fourth-order valence-electron chi connectivity index (χ4n) is 2.81. The van der Waals surface area contributed by atoms with Gasteiger partial charge in [-0.05, 0) is 31.4 Å². The average Bonchev–Trinajstić information content (AvgIpc) is 2.90. The number of aromatic nitrogens is 1. The molecule has 3 rings (SSSR count). The lowest BCUT2D eigenvalue weighted by molar-refractivity contribution is -0.116. The van der Waals surface area contributed by atoms with Crippen molar-refractivity contribution in [2.75, 3.05) is 17.2 Å². The van der Waals surface area contributed by atoms with E-state index in [1.54, 1.807) is 17.9 Å². The highest BCUT2D eigenvalue weighted by molar-refractivity contribution is 7.91. The molecule has 0 saturated heterocycles. The monoisotopic (exact) mass is 334 g/mol. The SMILES string of the molecule is Cc1cc(CS(=O)(=O)CC(=O)N2CCCc3ccccc32)on1. The number of benzene rings is 1. The summed E-state index contributed by atoms with van der Waals surface area (Å²) in [6.07, 6.45) is 1.74. The molecule has 0 bridgehead atoms. The van der Waals surface area contributed by atoms with E-state index in [0.29, 0.717) is 12.2 Å². The maximum atomic E-state index is 12.5. The summed E-state index contributed by atoms with van der Waals surface area (Å²) in [7, 11) is -3.60. The number of sulfone groups is 1. The highest BCUT2D eigenvalue weighted by Gasteiger charge is 2.27. The average molecular weight is 334 g/mol. The van der Waals surface area contributed by atoms with Crippen molar-refractivity contribution in [2.24, 2.45) is 0 Å². The van der Waals surface area contributed by atoms with Crippen molar-refractivity contribution in [3.63, 3.8) is 0 Å². The molecule has 0 fully saturated rings. The van der Waals surface area contributed by atoms with E-state index in [0.717, 1.165) is 24.1 Å². The quantitative estimate of drug-likeness (QED) is 0.853. The second-order valence-corrected chi connectivity index (χ2v) is 7.81. The van der Waals surface area contributed by atoms with E-state index >= 15 is 0 Å². The smallest absolute Gasteiger partial charge is 0.242 e. The van der Waals surface area contributed by atoms with Gasteiger partial charge in [-0.25, -0.2) is 8.42 Å². The minimum Gasteiger partial charge on any atom is -0.360 e. The molecule has 122 valence electrons. The summed E-state index contributed by atoms with van der Waals surface area (Å²) >= 11 is 0. The molecule has 0 saturated carbocycles. The molecule has 0 radical (unpaired) electrons. The minimum atomic E-state index is -3.60. The molecule has 1 aliphatic heterocycles. The molecule has 0 spiro atoms. The van der Waals surface area contributed by atoms with Crippen LogP contribution in [0.1, 0.15) is 23.4 Å². The number of hydrogen-bond donors (Lipinski definition) is 0. The number of carbonyl (C=O) groups excluding carboxylic acids is 1. The molecule has 1 aromatic heterocycles. The van der Waals surface area contributed by atoms with E-state index in [9.17, 15) is 13.2 Å². The molecule has 0 N–H and O–H groups in total. The van der Waals surface area contributed by atoms with Gasteiger partial charge in [0.2, 0.25) is 5.91 Å². The summed E-state index contributed by atoms with van der Waals surface area (Å²) in [5.41, 5.74) is 2.51. The van der Waals surface area contributed by atoms with Gasteiger partial charge in [-0.2, -0.15) is 0 Å². The summed E-state index contributed by atoms with van der Waals surface area (Å²) in [4.78, 5) is 14.0. The second-order valence-electron chi connectivity index (χ2n) is 5.74. The number of anilines is 1. The van der Waals surface area contributed by atoms with Gasteiger partial charge in [0.15, 0.2) is 15.6 Å². The Morgan fingerprint density at radius 1 is 1.35 bits per heavy atom. The number of carbonyl (C=O) groups is 1. The van der Waals surface area contributed by atoms with Gasteiger partial charge in [0, 0.05) is 18.3 Å². The van der Waals surface area contributed by atoms with Gasteiger partial charge in [-0.3, -0.25) is 4.79 Å². The Balaban J connectivity index is 1.74. The lowest BCUT2D eigenvalue weighted by Gasteiger charge is -2.29. The molecular formula is C16H18N2O4S. The fraction of sp³-hybridized carbons (Fsp3) is 0.375. The van der Waals surface area contributed by atoms with E-state index in [1.165, 1.54) is 0 Å². The zero-order valence-electron chi connectivity index (χ0n) is 12.9. The van der Waals surface area contributed by atoms with Gasteiger partial charge in [0.25, 0.3) is 0 Å². The van der Waals surface area contributed by atoms with Crippen LogP contribution in [0.3, 0.4) is 0 Å². The fourth-order valence-corrected chi connectivity index (χ4v) is 4.01. The van der Waals surface area contributed by atoms with Gasteiger partial charge >= 0.3 is 0 Å². The van der Waals surface area contributed by atoms with Crippen LogP contribution in [-0.4, -0.2) is 31.8 Å². The Kier molecular flexibility index (Phi) is 4.21. The third-order valence-electron chi connectivity index (χ3n) is 3.79. The van der Waals surface area contributed by atoms with E-state index < -0.39 is 21.5 Å². The first kappa shape index (κ1) is 15.7. The Morgan fingerprint density at radius 3 is 2.87 bits per heavy atom. The number of fused-ring (bicyclic) bond motifs is 1. The van der Waals surface area contributed by atoms with E-state index in [1.807, 2.05) is 24.3 Å². The maximum Gasteiger partial charge on any atom is 0.242 e. The van der Waals surface area contributed by atoms with Crippen molar-refractivity contribution >= 4 is 21.4 Å². The molecule has 0 atom stereocenters. The summed E-state index contributed by atoms with van der Waals surface area (Å²) < 4.78 is 29.4. The molecule has 6 nitrogen and oxygen atoms in total. The number of nitrogens with zero attached hydrogens (tertiary/aromatic N) is 2. The standard InChI is InChI=1S/C16H18N2O4S/c1-12-9-14(22-17-12)10-23(20,21)11-16(19)18-8-4-6-13-5-2-3-7-15(13)18/h2-3,5,7,9H,4,6,8,10-11H2,1H3. The molecule has 23 heavy (non-hydrogen) atoms. The normalized spacial score (nSPS) is 14.6. The van der Waals surface area contributed by atoms with Crippen LogP contribution in [0.25, 0.3) is 0 Å². The highest BCUT2D eigenvalue weighted by atomic mass is 32.2. The third-order valence-corrected chi connectivity index (χ3v) is 5.20. The summed E-state index contributed by atoms with van der Waals surface area (Å²) in [5.74, 6) is -0.974. The lowest BCUT2D eigenvalue weighted by Crippen LogP contribution is -2.39. The van der Waals surface area contributed by atoms with E-state index in [4.69, 9.17) is 4.52 Å². The molecule has 2 heterocycles. The molecule has 7 heteroatoms. The number of aryl methyl sites for hydroxylation is 2. The Bertz CT molecular complexity index is 826. The molecule has 0 aliphatic carbocycles. The predicted octanol–water partition coefficient (Wildman–Crippen LogP) is 1.88. The van der Waals surface area contributed by atoms with Gasteiger partial charge in [-0.1, -0.05) is 23.4 Å². The molecular weight excluding hydrogens is 316 g/mol. The molecule has 1 amide bonds. The third kappa shape index (κ3) is 3.61. The topological polar surface area (TPSA) is 80.5 Å². The summed E-state index contributed by atoms with van der Waals surface area (Å²) in [6, 6.07) is 9.18. The second kappa shape index (κ2) is 6.16. The molecule has 2 aromatic rings. The largest absolute Gasteiger partial charge is 0.360 e. The Hall–Kier alpha value is -2.15. The first-order chi connectivity index (χ1) is 10.9. The summed E-state index contributed by atoms with van der Waals surface area (Å²) in [5, 5.41) is 3.66. The van der Waals surface area contributed by atoms with Crippen LogP contribution in [0.15, 0.2) is 34.9 Å². The number of para-hydroxylation sites is 1. The molecule has 1 aliphatic rings. The van der Waals surface area contributed by atoms with Crippen LogP contribution in [-0.2, 0) is 26.8 Å². The highest BCUT2D eigenvalue weighted by Crippen LogP contribution is 2.27. The first-order valence-electron chi connectivity index (χ1n) is 7.45. The lowest BCUT2D eigenvalue weighted by atomic mass is 10.0. The molecule has 0 unspecified atom stereocenters. The number of amides is 1. The molecule has 1 aromatic carbocycles. The maximum absolute atomic E-state index is 12.5. The van der Waals surface area contributed by atoms with Crippen LogP contribution in [0.4, 0.5) is 5.69 Å². The van der Waals surface area contributed by atoms with Gasteiger partial charge in [-0.15, -0.1) is 0 Å². The van der Waals surface area contributed by atoms with Gasteiger partial charge in [0.05, 0.1) is 5.69 Å². The predicted molar refractivity (Wildman–Crippen MR) is 85.8 cm³/mol. The van der Waals surface area contributed by atoms with Crippen LogP contribution in [0, 0.1) is 6.92 Å². The zero-order chi connectivity index (χ0) is 16.4. The van der Waals surface area contributed by atoms with Crippen molar-refractivity contribution in [1.82, 2.24) is 5.16 Å². The minimum absolute atomic E-state index is 0.259. The van der Waals surface area contributed by atoms with Crippen LogP contribution < -0.4 is 4.90 Å². The van der Waals surface area contributed by atoms with Crippen molar-refractivity contribution < 1.29 is 17.7 Å². The van der Waals surface area contributed by atoms with Crippen LogP contribution in [0.5, 0.6) is 0 Å². The van der Waals surface area contributed by atoms with Crippen molar-refractivity contribution in [3.8, 4) is 0 Å². The van der Waals surface area contributed by atoms with Crippen LogP contribution >= 0.6 is 0 Å². The zero-order valence-corrected chi connectivity index (χ0v) is 13.7. The van der Waals surface area contributed by atoms with Crippen molar-refractivity contribution in [3.05, 3.63) is 47.3 Å². The Morgan fingerprint density at radius 2 is 2.13 bits per heavy atom. The van der Waals surface area contributed by atoms with Crippen molar-refractivity contribution in [1.29, 1.82) is 0 Å². The van der Waals surface area contributed by atoms with E-state index in [2.05, 4.69) is 5.16 Å². The first-order valence-corrected chi connectivity index (χ1v) is 9.28. The van der Waals surface area contributed by atoms with Crippen LogP contribution in [0.2, 0.25) is 0 Å². The van der Waals surface area contributed by atoms with Gasteiger partial charge < -0.3 is 9.42 Å². The van der Waals surface area contributed by atoms with Gasteiger partial charge in [0.1, 0.15) is 11.5 Å². The van der Waals surface area contributed by atoms with Crippen molar-refractivity contribution in [2.45, 2.75) is 25.5 Å². The Labute approximate surface area is 135 Å². The number of hydrogen-bond acceptors (Lipinski definition) is 5.